The summed E-state index contributed by atoms with van der Waals surface area (Å²) >= 11 is 13.6. The summed E-state index contributed by atoms with van der Waals surface area (Å²) in [5.74, 6) is -0.363. The van der Waals surface area contributed by atoms with E-state index in [1.54, 1.807) is 36.9 Å². The lowest BCUT2D eigenvalue weighted by Gasteiger charge is -2.25. The lowest BCUT2D eigenvalue weighted by Crippen LogP contribution is -2.38. The van der Waals surface area contributed by atoms with Gasteiger partial charge in [0, 0.05) is 16.2 Å². The Balaban J connectivity index is 2.06. The molecule has 0 aromatic heterocycles. The number of carbonyl (C=O) groups excluding carboxylic acids is 1. The van der Waals surface area contributed by atoms with Gasteiger partial charge in [-0.05, 0) is 18.2 Å². The van der Waals surface area contributed by atoms with Crippen LogP contribution in [0.5, 0.6) is 0 Å². The molecule has 0 saturated carbocycles. The first-order chi connectivity index (χ1) is 11.2. The van der Waals surface area contributed by atoms with Gasteiger partial charge in [0.05, 0.1) is 28.3 Å². The maximum atomic E-state index is 12.1. The topological polar surface area (TPSA) is 66.8 Å². The highest BCUT2D eigenvalue weighted by Crippen LogP contribution is 2.43. The van der Waals surface area contributed by atoms with Gasteiger partial charge in [-0.3, -0.25) is 4.79 Å². The van der Waals surface area contributed by atoms with E-state index in [0.717, 1.165) is 0 Å². The lowest BCUT2D eigenvalue weighted by molar-refractivity contribution is -0.120. The number of rotatable bonds is 2. The van der Waals surface area contributed by atoms with E-state index in [9.17, 15) is 13.2 Å². The Morgan fingerprint density at radius 1 is 1.33 bits per heavy atom. The van der Waals surface area contributed by atoms with Crippen molar-refractivity contribution in [3.63, 3.8) is 0 Å². The third-order valence-electron chi connectivity index (χ3n) is 3.94. The summed E-state index contributed by atoms with van der Waals surface area (Å²) < 4.78 is 24.0. The van der Waals surface area contributed by atoms with Crippen molar-refractivity contribution in [3.05, 3.63) is 28.2 Å². The Morgan fingerprint density at radius 3 is 2.67 bits per heavy atom. The molecule has 0 N–H and O–H groups in total. The fraction of sp³-hybridized carbons (Fsp3) is 0.467. The van der Waals surface area contributed by atoms with Gasteiger partial charge >= 0.3 is 0 Å². The molecule has 0 bridgehead atoms. The molecule has 2 saturated heterocycles. The van der Waals surface area contributed by atoms with Gasteiger partial charge in [-0.25, -0.2) is 8.42 Å². The molecule has 24 heavy (non-hydrogen) atoms. The largest absolute Gasteiger partial charge is 0.314 e. The van der Waals surface area contributed by atoms with Crippen LogP contribution in [-0.2, 0) is 14.6 Å². The average Bonchev–Trinajstić information content (AvgIpc) is 2.91. The van der Waals surface area contributed by atoms with Gasteiger partial charge < -0.3 is 4.90 Å². The molecule has 1 aromatic carbocycles. The van der Waals surface area contributed by atoms with E-state index in [0.29, 0.717) is 20.9 Å². The molecule has 2 fully saturated rings. The van der Waals surface area contributed by atoms with Crippen molar-refractivity contribution in [3.8, 4) is 0 Å². The molecule has 2 aliphatic heterocycles. The number of hydrogen-bond donors (Lipinski definition) is 0. The molecule has 2 aliphatic rings. The summed E-state index contributed by atoms with van der Waals surface area (Å²) in [7, 11) is -3.11. The minimum absolute atomic E-state index is 0.0263. The molecule has 0 aliphatic carbocycles. The first-order valence-corrected chi connectivity index (χ1v) is 10.9. The van der Waals surface area contributed by atoms with Crippen LogP contribution in [0.3, 0.4) is 0 Å². The monoisotopic (exact) mass is 406 g/mol. The molecular weight excluding hydrogens is 391 g/mol. The van der Waals surface area contributed by atoms with Crippen molar-refractivity contribution in [2.75, 3.05) is 16.4 Å². The number of fused-ring (bicyclic) bond motifs is 1. The molecule has 0 spiro atoms. The molecule has 0 unspecified atom stereocenters. The number of benzene rings is 1. The molecule has 0 radical (unpaired) electrons. The van der Waals surface area contributed by atoms with Crippen molar-refractivity contribution in [2.45, 2.75) is 25.1 Å². The Labute approximate surface area is 155 Å². The van der Waals surface area contributed by atoms with Crippen molar-refractivity contribution in [1.29, 1.82) is 0 Å². The fourth-order valence-corrected chi connectivity index (χ4v) is 7.16. The number of nitrogens with zero attached hydrogens (tertiary/aromatic N) is 2. The summed E-state index contributed by atoms with van der Waals surface area (Å²) in [5.41, 5.74) is 0.619. The SMILES string of the molecule is CC(C)C(=O)N=C1S[C@@H]2CS(=O)(=O)C[C@@H]2N1c1ccc(Cl)cc1Cl. The van der Waals surface area contributed by atoms with Gasteiger partial charge in [0.25, 0.3) is 5.91 Å². The predicted octanol–water partition coefficient (Wildman–Crippen LogP) is 3.25. The van der Waals surface area contributed by atoms with Crippen molar-refractivity contribution in [1.82, 2.24) is 0 Å². The molecule has 2 heterocycles. The van der Waals surface area contributed by atoms with Gasteiger partial charge in [-0.2, -0.15) is 4.99 Å². The van der Waals surface area contributed by atoms with Crippen molar-refractivity contribution >= 4 is 61.6 Å². The summed E-state index contributed by atoms with van der Waals surface area (Å²) in [6.07, 6.45) is 0. The molecule has 1 aromatic rings. The first-order valence-electron chi connectivity index (χ1n) is 7.42. The lowest BCUT2D eigenvalue weighted by atomic mass is 10.2. The Kier molecular flexibility index (Phi) is 4.90. The smallest absolute Gasteiger partial charge is 0.250 e. The Morgan fingerprint density at radius 2 is 2.04 bits per heavy atom. The number of sulfone groups is 1. The van der Waals surface area contributed by atoms with Crippen LogP contribution < -0.4 is 4.90 Å². The Hall–Kier alpha value is -0.760. The number of hydrogen-bond acceptors (Lipinski definition) is 4. The van der Waals surface area contributed by atoms with E-state index < -0.39 is 9.84 Å². The van der Waals surface area contributed by atoms with Crippen LogP contribution in [0.1, 0.15) is 13.8 Å². The predicted molar refractivity (Wildman–Crippen MR) is 100 cm³/mol. The van der Waals surface area contributed by atoms with Gasteiger partial charge in [-0.1, -0.05) is 48.8 Å². The number of amides is 1. The molecule has 3 rings (SSSR count). The van der Waals surface area contributed by atoms with E-state index >= 15 is 0 Å². The number of amidine groups is 1. The fourth-order valence-electron chi connectivity index (χ4n) is 2.75. The second-order valence-electron chi connectivity index (χ2n) is 6.15. The third kappa shape index (κ3) is 3.45. The number of anilines is 1. The summed E-state index contributed by atoms with van der Waals surface area (Å²) in [4.78, 5) is 18.0. The zero-order valence-electron chi connectivity index (χ0n) is 13.1. The maximum Gasteiger partial charge on any atom is 0.250 e. The van der Waals surface area contributed by atoms with Crippen molar-refractivity contribution < 1.29 is 13.2 Å². The van der Waals surface area contributed by atoms with E-state index in [-0.39, 0.29) is 34.6 Å². The highest BCUT2D eigenvalue weighted by Gasteiger charge is 2.49. The molecule has 9 heteroatoms. The van der Waals surface area contributed by atoms with Gasteiger partial charge in [0.15, 0.2) is 15.0 Å². The number of thioether (sulfide) groups is 1. The highest BCUT2D eigenvalue weighted by atomic mass is 35.5. The summed E-state index contributed by atoms with van der Waals surface area (Å²) in [6.45, 7) is 3.55. The second kappa shape index (κ2) is 6.52. The van der Waals surface area contributed by atoms with E-state index in [2.05, 4.69) is 4.99 Å². The molecular formula is C15H16Cl2N2O3S2. The van der Waals surface area contributed by atoms with Crippen LogP contribution in [0.25, 0.3) is 0 Å². The minimum Gasteiger partial charge on any atom is -0.314 e. The summed E-state index contributed by atoms with van der Waals surface area (Å²) in [5, 5.41) is 1.24. The number of aliphatic imine (C=N–C) groups is 1. The first kappa shape index (κ1) is 18.0. The average molecular weight is 407 g/mol. The van der Waals surface area contributed by atoms with Gasteiger partial charge in [0.1, 0.15) is 0 Å². The van der Waals surface area contributed by atoms with Crippen LogP contribution >= 0.6 is 35.0 Å². The normalized spacial score (nSPS) is 27.0. The number of halogens is 2. The maximum absolute atomic E-state index is 12.1. The van der Waals surface area contributed by atoms with Crippen LogP contribution in [-0.4, -0.2) is 42.3 Å². The van der Waals surface area contributed by atoms with E-state index in [4.69, 9.17) is 23.2 Å². The minimum atomic E-state index is -3.11. The molecule has 130 valence electrons. The van der Waals surface area contributed by atoms with E-state index in [1.807, 2.05) is 0 Å². The quantitative estimate of drug-likeness (QED) is 0.753. The molecule has 1 amide bonds. The summed E-state index contributed by atoms with van der Waals surface area (Å²) in [6, 6.07) is 4.74. The third-order valence-corrected chi connectivity index (χ3v) is 7.68. The van der Waals surface area contributed by atoms with Crippen LogP contribution in [0.15, 0.2) is 23.2 Å². The molecule has 2 atom stereocenters. The zero-order valence-corrected chi connectivity index (χ0v) is 16.2. The number of carbonyl (C=O) groups is 1. The molecule has 5 nitrogen and oxygen atoms in total. The second-order valence-corrected chi connectivity index (χ2v) is 10.4. The Bertz CT molecular complexity index is 824. The van der Waals surface area contributed by atoms with Gasteiger partial charge in [-0.15, -0.1) is 0 Å². The van der Waals surface area contributed by atoms with Crippen LogP contribution in [0, 0.1) is 5.92 Å². The highest BCUT2D eigenvalue weighted by molar-refractivity contribution is 8.16. The van der Waals surface area contributed by atoms with Gasteiger partial charge in [0.2, 0.25) is 0 Å². The van der Waals surface area contributed by atoms with E-state index in [1.165, 1.54) is 11.8 Å². The zero-order chi connectivity index (χ0) is 17.6. The standard InChI is InChI=1S/C15H16Cl2N2O3S2/c1-8(2)14(20)18-15-19(11-4-3-9(16)5-10(11)17)12-6-24(21,22)7-13(12)23-15/h3-5,8,12-13H,6-7H2,1-2H3/t12-,13+/m0/s1. The van der Waals surface area contributed by atoms with Crippen LogP contribution in [0.2, 0.25) is 10.0 Å². The van der Waals surface area contributed by atoms with Crippen molar-refractivity contribution in [2.24, 2.45) is 10.9 Å². The van der Waals surface area contributed by atoms with Crippen LogP contribution in [0.4, 0.5) is 5.69 Å².